The first-order valence-electron chi connectivity index (χ1n) is 7.09. The van der Waals surface area contributed by atoms with E-state index in [1.54, 1.807) is 0 Å². The Labute approximate surface area is 122 Å². The van der Waals surface area contributed by atoms with Crippen LogP contribution in [0.4, 0.5) is 11.5 Å². The lowest BCUT2D eigenvalue weighted by Crippen LogP contribution is -2.25. The fourth-order valence-electron chi connectivity index (χ4n) is 3.18. The van der Waals surface area contributed by atoms with Gasteiger partial charge in [0.25, 0.3) is 0 Å². The molecule has 1 atom stereocenters. The van der Waals surface area contributed by atoms with Crippen LogP contribution >= 0.6 is 0 Å². The van der Waals surface area contributed by atoms with Crippen LogP contribution in [-0.4, -0.2) is 21.7 Å². The lowest BCUT2D eigenvalue weighted by atomic mass is 10.1. The second-order valence-corrected chi connectivity index (χ2v) is 5.42. The molecule has 0 radical (unpaired) electrons. The van der Waals surface area contributed by atoms with Gasteiger partial charge in [0.1, 0.15) is 11.3 Å². The van der Waals surface area contributed by atoms with Crippen molar-refractivity contribution in [3.63, 3.8) is 0 Å². The normalized spacial score (nSPS) is 17.2. The zero-order chi connectivity index (χ0) is 14.4. The lowest BCUT2D eigenvalue weighted by molar-refractivity contribution is 0.111. The number of fused-ring (bicyclic) bond motifs is 2. The maximum Gasteiger partial charge on any atom is 0.170 e. The molecule has 0 N–H and O–H groups in total. The van der Waals surface area contributed by atoms with Crippen molar-refractivity contribution in [2.45, 2.75) is 19.4 Å². The van der Waals surface area contributed by atoms with Gasteiger partial charge in [-0.1, -0.05) is 24.3 Å². The highest BCUT2D eigenvalue weighted by Crippen LogP contribution is 2.38. The smallest absolute Gasteiger partial charge is 0.170 e. The molecule has 0 bridgehead atoms. The summed E-state index contributed by atoms with van der Waals surface area (Å²) in [6.45, 7) is 2.17. The maximum absolute atomic E-state index is 11.6. The van der Waals surface area contributed by atoms with Crippen molar-refractivity contribution < 1.29 is 4.79 Å². The van der Waals surface area contributed by atoms with Gasteiger partial charge in [-0.15, -0.1) is 0 Å². The molecule has 104 valence electrons. The van der Waals surface area contributed by atoms with E-state index in [1.807, 2.05) is 34.9 Å². The first kappa shape index (κ1) is 12.1. The topological polar surface area (TPSA) is 37.6 Å². The van der Waals surface area contributed by atoms with Gasteiger partial charge in [-0.3, -0.25) is 9.20 Å². The highest BCUT2D eigenvalue weighted by molar-refractivity contribution is 5.87. The Kier molecular flexibility index (Phi) is 2.57. The minimum atomic E-state index is 0.297. The molecule has 3 aromatic rings. The molecule has 0 saturated carbocycles. The van der Waals surface area contributed by atoms with Crippen LogP contribution in [0.5, 0.6) is 0 Å². The van der Waals surface area contributed by atoms with Crippen LogP contribution in [0.25, 0.3) is 5.65 Å². The SMILES string of the molecule is CC1Cc2ccccc2N1c1nc2ccccn2c1C=O. The minimum absolute atomic E-state index is 0.297. The standard InChI is InChI=1S/C17H15N3O/c1-12-10-13-6-2-3-7-14(13)20(12)17-15(11-21)19-9-5-4-8-16(19)18-17/h2-9,11-12H,10H2,1H3. The second-order valence-electron chi connectivity index (χ2n) is 5.42. The van der Waals surface area contributed by atoms with Gasteiger partial charge in [-0.25, -0.2) is 4.98 Å². The number of anilines is 2. The number of rotatable bonds is 2. The first-order chi connectivity index (χ1) is 10.3. The monoisotopic (exact) mass is 277 g/mol. The van der Waals surface area contributed by atoms with Crippen molar-refractivity contribution >= 4 is 23.4 Å². The summed E-state index contributed by atoms with van der Waals surface area (Å²) in [7, 11) is 0. The van der Waals surface area contributed by atoms with Gasteiger partial charge in [0.2, 0.25) is 0 Å². The Balaban J connectivity index is 1.96. The quantitative estimate of drug-likeness (QED) is 0.675. The van der Waals surface area contributed by atoms with Crippen molar-refractivity contribution in [1.29, 1.82) is 0 Å². The van der Waals surface area contributed by atoms with E-state index in [9.17, 15) is 4.79 Å². The van der Waals surface area contributed by atoms with Crippen molar-refractivity contribution in [3.8, 4) is 0 Å². The van der Waals surface area contributed by atoms with Crippen molar-refractivity contribution in [3.05, 3.63) is 59.9 Å². The molecule has 0 amide bonds. The Morgan fingerprint density at radius 2 is 2.00 bits per heavy atom. The molecule has 1 aliphatic rings. The maximum atomic E-state index is 11.6. The largest absolute Gasteiger partial charge is 0.321 e. The minimum Gasteiger partial charge on any atom is -0.321 e. The summed E-state index contributed by atoms with van der Waals surface area (Å²) in [5.41, 5.74) is 3.86. The molecular formula is C17H15N3O. The van der Waals surface area contributed by atoms with Crippen LogP contribution in [0.1, 0.15) is 23.0 Å². The molecule has 0 fully saturated rings. The molecule has 1 unspecified atom stereocenters. The molecule has 2 aromatic heterocycles. The van der Waals surface area contributed by atoms with E-state index in [0.717, 1.165) is 29.9 Å². The van der Waals surface area contributed by atoms with E-state index in [-0.39, 0.29) is 0 Å². The van der Waals surface area contributed by atoms with Crippen molar-refractivity contribution in [1.82, 2.24) is 9.38 Å². The van der Waals surface area contributed by atoms with Crippen LogP contribution in [0, 0.1) is 0 Å². The third-order valence-corrected chi connectivity index (χ3v) is 4.09. The number of hydrogen-bond acceptors (Lipinski definition) is 3. The average molecular weight is 277 g/mol. The van der Waals surface area contributed by atoms with E-state index in [1.165, 1.54) is 5.56 Å². The molecule has 0 saturated heterocycles. The third kappa shape index (κ3) is 1.69. The lowest BCUT2D eigenvalue weighted by Gasteiger charge is -2.22. The fourth-order valence-corrected chi connectivity index (χ4v) is 3.18. The molecule has 4 heteroatoms. The number of carbonyl (C=O) groups excluding carboxylic acids is 1. The number of benzene rings is 1. The molecule has 21 heavy (non-hydrogen) atoms. The molecule has 4 nitrogen and oxygen atoms in total. The predicted octanol–water partition coefficient (Wildman–Crippen LogP) is 3.23. The Bertz CT molecular complexity index is 837. The second kappa shape index (κ2) is 4.45. The number of carbonyl (C=O) groups is 1. The van der Waals surface area contributed by atoms with Crippen LogP contribution in [0.2, 0.25) is 0 Å². The summed E-state index contributed by atoms with van der Waals surface area (Å²) in [6.07, 6.45) is 3.74. The zero-order valence-corrected chi connectivity index (χ0v) is 11.7. The van der Waals surface area contributed by atoms with Gasteiger partial charge in [-0.2, -0.15) is 0 Å². The molecule has 4 rings (SSSR count). The number of aromatic nitrogens is 2. The van der Waals surface area contributed by atoms with E-state index >= 15 is 0 Å². The van der Waals surface area contributed by atoms with E-state index < -0.39 is 0 Å². The number of para-hydroxylation sites is 1. The molecule has 0 spiro atoms. The fraction of sp³-hybridized carbons (Fsp3) is 0.176. The molecule has 1 aromatic carbocycles. The van der Waals surface area contributed by atoms with E-state index in [4.69, 9.17) is 0 Å². The van der Waals surface area contributed by atoms with Gasteiger partial charge >= 0.3 is 0 Å². The predicted molar refractivity (Wildman–Crippen MR) is 82.3 cm³/mol. The number of imidazole rings is 1. The first-order valence-corrected chi connectivity index (χ1v) is 7.09. The molecular weight excluding hydrogens is 262 g/mol. The number of aldehydes is 1. The Hall–Kier alpha value is -2.62. The van der Waals surface area contributed by atoms with Gasteiger partial charge in [0.15, 0.2) is 12.1 Å². The number of nitrogens with zero attached hydrogens (tertiary/aromatic N) is 3. The molecule has 0 aliphatic carbocycles. The Morgan fingerprint density at radius 3 is 2.86 bits per heavy atom. The van der Waals surface area contributed by atoms with Gasteiger partial charge in [0.05, 0.1) is 0 Å². The van der Waals surface area contributed by atoms with Crippen LogP contribution in [-0.2, 0) is 6.42 Å². The molecule has 3 heterocycles. The Morgan fingerprint density at radius 1 is 1.19 bits per heavy atom. The average Bonchev–Trinajstić information content (AvgIpc) is 3.02. The van der Waals surface area contributed by atoms with Crippen LogP contribution in [0.15, 0.2) is 48.7 Å². The zero-order valence-electron chi connectivity index (χ0n) is 11.7. The van der Waals surface area contributed by atoms with Crippen LogP contribution in [0.3, 0.4) is 0 Å². The molecule has 1 aliphatic heterocycles. The van der Waals surface area contributed by atoms with Gasteiger partial charge < -0.3 is 4.90 Å². The van der Waals surface area contributed by atoms with Crippen LogP contribution < -0.4 is 4.90 Å². The van der Waals surface area contributed by atoms with Gasteiger partial charge in [-0.05, 0) is 37.1 Å². The summed E-state index contributed by atoms with van der Waals surface area (Å²) >= 11 is 0. The summed E-state index contributed by atoms with van der Waals surface area (Å²) < 4.78 is 1.84. The summed E-state index contributed by atoms with van der Waals surface area (Å²) in [4.78, 5) is 18.4. The summed E-state index contributed by atoms with van der Waals surface area (Å²) in [5, 5.41) is 0. The highest BCUT2D eigenvalue weighted by Gasteiger charge is 2.30. The van der Waals surface area contributed by atoms with E-state index in [2.05, 4.69) is 35.0 Å². The number of hydrogen-bond donors (Lipinski definition) is 0. The van der Waals surface area contributed by atoms with Gasteiger partial charge in [0, 0.05) is 17.9 Å². The van der Waals surface area contributed by atoms with Crippen molar-refractivity contribution in [2.75, 3.05) is 4.90 Å². The highest BCUT2D eigenvalue weighted by atomic mass is 16.1. The summed E-state index contributed by atoms with van der Waals surface area (Å²) in [6, 6.07) is 14.4. The van der Waals surface area contributed by atoms with Crippen molar-refractivity contribution in [2.24, 2.45) is 0 Å². The van der Waals surface area contributed by atoms with E-state index in [0.29, 0.717) is 11.7 Å². The summed E-state index contributed by atoms with van der Waals surface area (Å²) in [5.74, 6) is 0.744. The number of pyridine rings is 1. The third-order valence-electron chi connectivity index (χ3n) is 4.09.